The van der Waals surface area contributed by atoms with Gasteiger partial charge in [-0.25, -0.2) is 9.59 Å². The van der Waals surface area contributed by atoms with Crippen LogP contribution in [0.2, 0.25) is 0 Å². The van der Waals surface area contributed by atoms with E-state index in [4.69, 9.17) is 9.47 Å². The minimum Gasteiger partial charge on any atom is -0.467 e. The van der Waals surface area contributed by atoms with Gasteiger partial charge < -0.3 is 9.47 Å². The first-order valence-corrected chi connectivity index (χ1v) is 8.09. The third-order valence-corrected chi connectivity index (χ3v) is 4.65. The molecule has 3 atom stereocenters. The number of hydrogen-bond donors (Lipinski definition) is 0. The van der Waals surface area contributed by atoms with Crippen molar-refractivity contribution in [1.29, 1.82) is 0 Å². The fourth-order valence-electron chi connectivity index (χ4n) is 3.32. The van der Waals surface area contributed by atoms with E-state index in [0.717, 1.165) is 5.56 Å². The molecule has 134 valence electrons. The van der Waals surface area contributed by atoms with Crippen molar-refractivity contribution in [1.82, 2.24) is 4.90 Å². The number of rotatable bonds is 5. The van der Waals surface area contributed by atoms with E-state index >= 15 is 0 Å². The molecule has 1 heterocycles. The summed E-state index contributed by atoms with van der Waals surface area (Å²) in [5.41, 5.74) is -0.266. The van der Waals surface area contributed by atoms with E-state index in [1.807, 2.05) is 30.3 Å². The minimum absolute atomic E-state index is 0.0587. The molecule has 2 rings (SSSR count). The number of carbonyl (C=O) groups is 3. The molecule has 1 fully saturated rings. The van der Waals surface area contributed by atoms with Gasteiger partial charge in [0.05, 0.1) is 18.6 Å². The number of esters is 1. The Balaban J connectivity index is 2.26. The number of carbonyl (C=O) groups excluding carboxylic acids is 3. The second-order valence-corrected chi connectivity index (χ2v) is 6.32. The zero-order valence-corrected chi connectivity index (χ0v) is 14.7. The lowest BCUT2D eigenvalue weighted by molar-refractivity contribution is -0.150. The summed E-state index contributed by atoms with van der Waals surface area (Å²) in [5, 5.41) is 0. The van der Waals surface area contributed by atoms with Gasteiger partial charge in [0.1, 0.15) is 12.6 Å². The monoisotopic (exact) mass is 345 g/mol. The molecule has 6 heteroatoms. The molecule has 0 N–H and O–H groups in total. The van der Waals surface area contributed by atoms with Crippen molar-refractivity contribution in [2.24, 2.45) is 5.41 Å². The molecule has 1 amide bonds. The van der Waals surface area contributed by atoms with E-state index in [1.54, 1.807) is 19.9 Å². The number of ether oxygens (including phenoxy) is 2. The molecule has 25 heavy (non-hydrogen) atoms. The molecular formula is C19H23NO5. The maximum absolute atomic E-state index is 12.7. The average molecular weight is 345 g/mol. The van der Waals surface area contributed by atoms with Gasteiger partial charge in [0.2, 0.25) is 0 Å². The van der Waals surface area contributed by atoms with Crippen molar-refractivity contribution in [3.63, 3.8) is 0 Å². The first-order valence-electron chi connectivity index (χ1n) is 8.09. The van der Waals surface area contributed by atoms with Gasteiger partial charge in [0.15, 0.2) is 5.78 Å². The van der Waals surface area contributed by atoms with Crippen LogP contribution in [0.3, 0.4) is 0 Å². The van der Waals surface area contributed by atoms with Crippen LogP contribution in [0.5, 0.6) is 0 Å². The zero-order valence-electron chi connectivity index (χ0n) is 14.7. The van der Waals surface area contributed by atoms with Gasteiger partial charge in [-0.2, -0.15) is 0 Å². The van der Waals surface area contributed by atoms with E-state index in [9.17, 15) is 14.4 Å². The number of hydrogen-bond acceptors (Lipinski definition) is 5. The van der Waals surface area contributed by atoms with Gasteiger partial charge >= 0.3 is 12.1 Å². The average Bonchev–Trinajstić information content (AvgIpc) is 2.81. The van der Waals surface area contributed by atoms with Crippen molar-refractivity contribution in [2.75, 3.05) is 7.11 Å². The fraction of sp³-hybridized carbons (Fsp3) is 0.421. The molecule has 1 aliphatic rings. The van der Waals surface area contributed by atoms with E-state index in [0.29, 0.717) is 0 Å². The van der Waals surface area contributed by atoms with Crippen LogP contribution in [-0.4, -0.2) is 41.9 Å². The van der Waals surface area contributed by atoms with E-state index in [1.165, 1.54) is 12.0 Å². The van der Waals surface area contributed by atoms with Crippen molar-refractivity contribution in [3.05, 3.63) is 48.6 Å². The summed E-state index contributed by atoms with van der Waals surface area (Å²) in [7, 11) is 1.23. The molecule has 0 aliphatic carbocycles. The van der Waals surface area contributed by atoms with Gasteiger partial charge in [-0.3, -0.25) is 9.69 Å². The summed E-state index contributed by atoms with van der Waals surface area (Å²) in [4.78, 5) is 38.9. The second-order valence-electron chi connectivity index (χ2n) is 6.32. The van der Waals surface area contributed by atoms with Gasteiger partial charge in [-0.1, -0.05) is 36.4 Å². The molecule has 0 saturated carbocycles. The number of likely N-dealkylation sites (tertiary alicyclic amines) is 1. The Bertz CT molecular complexity index is 672. The normalized spacial score (nSPS) is 25.6. The molecule has 1 unspecified atom stereocenters. The van der Waals surface area contributed by atoms with Crippen LogP contribution in [0, 0.1) is 5.41 Å². The first-order chi connectivity index (χ1) is 11.9. The highest BCUT2D eigenvalue weighted by Crippen LogP contribution is 2.41. The number of ketones is 1. The highest BCUT2D eigenvalue weighted by molar-refractivity contribution is 6.02. The molecule has 6 nitrogen and oxygen atoms in total. The SMILES string of the molecule is C=CC[C@]1(C)C(=O)C(C)N(C(=O)OCc2ccccc2)[C@@H]1C(=O)OC. The highest BCUT2D eigenvalue weighted by Gasteiger charge is 2.60. The van der Waals surface area contributed by atoms with E-state index in [-0.39, 0.29) is 18.8 Å². The minimum atomic E-state index is -1.08. The van der Waals surface area contributed by atoms with Gasteiger partial charge in [0, 0.05) is 0 Å². The fourth-order valence-corrected chi connectivity index (χ4v) is 3.32. The Labute approximate surface area is 147 Å². The molecule has 1 aromatic rings. The predicted molar refractivity (Wildman–Crippen MR) is 91.7 cm³/mol. The molecule has 1 aliphatic heterocycles. The standard InChI is InChI=1S/C19H23NO5/c1-5-11-19(3)15(17(22)24-4)20(13(2)16(19)21)18(23)25-12-14-9-7-6-8-10-14/h5-10,13,15H,1,11-12H2,2-4H3/t13?,15-,19+/m1/s1. The lowest BCUT2D eigenvalue weighted by Gasteiger charge is -2.30. The Kier molecular flexibility index (Phi) is 5.62. The van der Waals surface area contributed by atoms with E-state index < -0.39 is 29.6 Å². The second kappa shape index (κ2) is 7.51. The van der Waals surface area contributed by atoms with Crippen LogP contribution in [0.1, 0.15) is 25.8 Å². The Morgan fingerprint density at radius 2 is 1.96 bits per heavy atom. The van der Waals surface area contributed by atoms with E-state index in [2.05, 4.69) is 6.58 Å². The lowest BCUT2D eigenvalue weighted by atomic mass is 9.77. The largest absolute Gasteiger partial charge is 0.467 e. The number of methoxy groups -OCH3 is 1. The van der Waals surface area contributed by atoms with Crippen LogP contribution >= 0.6 is 0 Å². The van der Waals surface area contributed by atoms with Crippen LogP contribution < -0.4 is 0 Å². The summed E-state index contributed by atoms with van der Waals surface area (Å²) in [6.07, 6.45) is 1.12. The summed E-state index contributed by atoms with van der Waals surface area (Å²) < 4.78 is 10.2. The van der Waals surface area contributed by atoms with Crippen LogP contribution in [0.25, 0.3) is 0 Å². The summed E-state index contributed by atoms with van der Waals surface area (Å²) >= 11 is 0. The molecule has 0 spiro atoms. The maximum atomic E-state index is 12.7. The third kappa shape index (κ3) is 3.43. The number of benzene rings is 1. The number of amides is 1. The molecule has 1 aromatic carbocycles. The molecule has 0 radical (unpaired) electrons. The van der Waals surface area contributed by atoms with Crippen LogP contribution in [0.4, 0.5) is 4.79 Å². The van der Waals surface area contributed by atoms with Crippen molar-refractivity contribution >= 4 is 17.8 Å². The Morgan fingerprint density at radius 1 is 1.32 bits per heavy atom. The van der Waals surface area contributed by atoms with Crippen molar-refractivity contribution < 1.29 is 23.9 Å². The molecular weight excluding hydrogens is 322 g/mol. The summed E-state index contributed by atoms with van der Waals surface area (Å²) in [5.74, 6) is -0.849. The third-order valence-electron chi connectivity index (χ3n) is 4.65. The van der Waals surface area contributed by atoms with Gasteiger partial charge in [-0.05, 0) is 25.8 Å². The number of allylic oxidation sites excluding steroid dienone is 1. The molecule has 0 bridgehead atoms. The Morgan fingerprint density at radius 3 is 2.52 bits per heavy atom. The van der Waals surface area contributed by atoms with Gasteiger partial charge in [-0.15, -0.1) is 6.58 Å². The summed E-state index contributed by atoms with van der Waals surface area (Å²) in [6.45, 7) is 6.96. The van der Waals surface area contributed by atoms with Crippen LogP contribution in [0.15, 0.2) is 43.0 Å². The number of nitrogens with zero attached hydrogens (tertiary/aromatic N) is 1. The predicted octanol–water partition coefficient (Wildman–Crippen LogP) is 2.72. The molecule has 1 saturated heterocycles. The first kappa shape index (κ1) is 18.7. The molecule has 0 aromatic heterocycles. The highest BCUT2D eigenvalue weighted by atomic mass is 16.6. The van der Waals surface area contributed by atoms with Gasteiger partial charge in [0.25, 0.3) is 0 Å². The van der Waals surface area contributed by atoms with Crippen LogP contribution in [-0.2, 0) is 25.7 Å². The Hall–Kier alpha value is -2.63. The van der Waals surface area contributed by atoms with Crippen molar-refractivity contribution in [3.8, 4) is 0 Å². The lowest BCUT2D eigenvalue weighted by Crippen LogP contribution is -2.49. The zero-order chi connectivity index (χ0) is 18.6. The maximum Gasteiger partial charge on any atom is 0.411 e. The summed E-state index contributed by atoms with van der Waals surface area (Å²) in [6, 6.07) is 7.36. The smallest absolute Gasteiger partial charge is 0.411 e. The number of Topliss-reactive ketones (excluding diaryl/α,β-unsaturated/α-hetero) is 1. The quantitative estimate of drug-likeness (QED) is 0.606. The topological polar surface area (TPSA) is 72.9 Å². The van der Waals surface area contributed by atoms with Crippen molar-refractivity contribution in [2.45, 2.75) is 39.0 Å².